The molecule has 1 saturated heterocycles. The van der Waals surface area contributed by atoms with Crippen LogP contribution >= 0.6 is 11.3 Å². The predicted molar refractivity (Wildman–Crippen MR) is 95.4 cm³/mol. The number of anilines is 1. The van der Waals surface area contributed by atoms with Gasteiger partial charge in [0.25, 0.3) is 11.6 Å². The summed E-state index contributed by atoms with van der Waals surface area (Å²) in [6.45, 7) is 3.66. The van der Waals surface area contributed by atoms with Crippen LogP contribution in [0.2, 0.25) is 0 Å². The fraction of sp³-hybridized carbons (Fsp3) is 0.375. The highest BCUT2D eigenvalue weighted by atomic mass is 32.1. The third kappa shape index (κ3) is 5.22. The number of nitrogens with one attached hydrogen (secondary N) is 1. The maximum Gasteiger partial charge on any atom is 0.273 e. The molecule has 0 radical (unpaired) electrons. The highest BCUT2D eigenvalue weighted by Gasteiger charge is 2.14. The van der Waals surface area contributed by atoms with Crippen LogP contribution in [0, 0.1) is 10.1 Å². The Bertz CT molecular complexity index is 776. The molecule has 1 aromatic heterocycles. The number of non-ortho nitro benzene ring substituents is 1. The first kappa shape index (κ1) is 18.2. The molecule has 0 aliphatic carbocycles. The molecule has 10 heteroatoms. The molecule has 1 amide bonds. The Kier molecular flexibility index (Phi) is 6.10. The largest absolute Gasteiger partial charge is 0.484 e. The number of ether oxygens (including phenoxy) is 2. The summed E-state index contributed by atoms with van der Waals surface area (Å²) in [4.78, 5) is 28.8. The lowest BCUT2D eigenvalue weighted by molar-refractivity contribution is -0.384. The topological polar surface area (TPSA) is 107 Å². The second kappa shape index (κ2) is 8.70. The highest BCUT2D eigenvalue weighted by Crippen LogP contribution is 2.20. The molecular formula is C16H18N4O5S. The van der Waals surface area contributed by atoms with Gasteiger partial charge in [-0.15, -0.1) is 11.3 Å². The summed E-state index contributed by atoms with van der Waals surface area (Å²) in [7, 11) is 0. The molecule has 2 heterocycles. The zero-order chi connectivity index (χ0) is 18.4. The third-order valence-corrected chi connectivity index (χ3v) is 4.49. The van der Waals surface area contributed by atoms with Crippen molar-refractivity contribution in [2.45, 2.75) is 6.54 Å². The number of benzene rings is 1. The molecule has 0 saturated carbocycles. The fourth-order valence-electron chi connectivity index (χ4n) is 2.42. The van der Waals surface area contributed by atoms with Crippen LogP contribution in [0.5, 0.6) is 5.75 Å². The summed E-state index contributed by atoms with van der Waals surface area (Å²) in [5, 5.41) is 15.8. The van der Waals surface area contributed by atoms with Crippen LogP contribution in [-0.2, 0) is 16.1 Å². The first-order valence-corrected chi connectivity index (χ1v) is 8.90. The zero-order valence-electron chi connectivity index (χ0n) is 13.9. The second-order valence-electron chi connectivity index (χ2n) is 5.62. The van der Waals surface area contributed by atoms with Gasteiger partial charge in [0.2, 0.25) is 0 Å². The number of rotatable bonds is 7. The quantitative estimate of drug-likeness (QED) is 0.579. The molecule has 9 nitrogen and oxygen atoms in total. The van der Waals surface area contributed by atoms with Gasteiger partial charge in [-0.2, -0.15) is 0 Å². The number of nitro groups is 1. The first-order chi connectivity index (χ1) is 12.6. The Morgan fingerprint density at radius 2 is 2.23 bits per heavy atom. The summed E-state index contributed by atoms with van der Waals surface area (Å²) >= 11 is 1.35. The van der Waals surface area contributed by atoms with Crippen molar-refractivity contribution in [1.29, 1.82) is 0 Å². The Labute approximate surface area is 153 Å². The molecule has 138 valence electrons. The maximum atomic E-state index is 12.0. The van der Waals surface area contributed by atoms with Gasteiger partial charge in [0.1, 0.15) is 5.75 Å². The fourth-order valence-corrected chi connectivity index (χ4v) is 3.13. The number of carbonyl (C=O) groups is 1. The van der Waals surface area contributed by atoms with Crippen molar-refractivity contribution in [2.75, 3.05) is 38.2 Å². The van der Waals surface area contributed by atoms with Crippen molar-refractivity contribution in [3.8, 4) is 5.75 Å². The Hall–Kier alpha value is -2.56. The average Bonchev–Trinajstić information content (AvgIpc) is 3.08. The molecule has 1 aromatic carbocycles. The van der Waals surface area contributed by atoms with E-state index in [4.69, 9.17) is 9.47 Å². The van der Waals surface area contributed by atoms with Crippen molar-refractivity contribution >= 4 is 28.1 Å². The van der Waals surface area contributed by atoms with E-state index in [0.717, 1.165) is 38.5 Å². The molecule has 1 aliphatic rings. The Morgan fingerprint density at radius 3 is 3.00 bits per heavy atom. The van der Waals surface area contributed by atoms with Crippen LogP contribution in [-0.4, -0.2) is 53.6 Å². The van der Waals surface area contributed by atoms with Gasteiger partial charge in [-0.1, -0.05) is 6.07 Å². The highest BCUT2D eigenvalue weighted by molar-refractivity contribution is 7.13. The van der Waals surface area contributed by atoms with Crippen LogP contribution in [0.1, 0.15) is 5.69 Å². The smallest absolute Gasteiger partial charge is 0.273 e. The minimum Gasteiger partial charge on any atom is -0.484 e. The van der Waals surface area contributed by atoms with E-state index in [2.05, 4.69) is 15.2 Å². The van der Waals surface area contributed by atoms with Crippen LogP contribution in [0.3, 0.4) is 0 Å². The van der Waals surface area contributed by atoms with E-state index >= 15 is 0 Å². The predicted octanol–water partition coefficient (Wildman–Crippen LogP) is 1.90. The lowest BCUT2D eigenvalue weighted by Gasteiger charge is -2.25. The first-order valence-electron chi connectivity index (χ1n) is 8.02. The van der Waals surface area contributed by atoms with Gasteiger partial charge >= 0.3 is 0 Å². The van der Waals surface area contributed by atoms with Crippen LogP contribution in [0.15, 0.2) is 29.6 Å². The number of thiazole rings is 1. The minimum atomic E-state index is -0.515. The molecule has 0 bridgehead atoms. The monoisotopic (exact) mass is 378 g/mol. The van der Waals surface area contributed by atoms with E-state index in [9.17, 15) is 14.9 Å². The lowest BCUT2D eigenvalue weighted by atomic mass is 10.3. The maximum absolute atomic E-state index is 12.0. The van der Waals surface area contributed by atoms with E-state index in [1.165, 1.54) is 29.5 Å². The van der Waals surface area contributed by atoms with Gasteiger partial charge < -0.3 is 9.47 Å². The van der Waals surface area contributed by atoms with Crippen molar-refractivity contribution in [3.63, 3.8) is 0 Å². The average molecular weight is 378 g/mol. The van der Waals surface area contributed by atoms with E-state index in [0.29, 0.717) is 5.13 Å². The molecule has 1 N–H and O–H groups in total. The van der Waals surface area contributed by atoms with Crippen LogP contribution in [0.4, 0.5) is 10.8 Å². The van der Waals surface area contributed by atoms with Gasteiger partial charge in [-0.05, 0) is 6.07 Å². The van der Waals surface area contributed by atoms with Crippen LogP contribution < -0.4 is 10.1 Å². The van der Waals surface area contributed by atoms with Gasteiger partial charge in [0.15, 0.2) is 11.7 Å². The van der Waals surface area contributed by atoms with Gasteiger partial charge in [-0.3, -0.25) is 25.1 Å². The second-order valence-corrected chi connectivity index (χ2v) is 6.48. The molecular weight excluding hydrogens is 360 g/mol. The molecule has 1 fully saturated rings. The Morgan fingerprint density at radius 1 is 1.42 bits per heavy atom. The SMILES string of the molecule is O=C(COc1cccc([N+](=O)[O-])c1)Nc1nc(CN2CCOCC2)cs1. The van der Waals surface area contributed by atoms with Crippen molar-refractivity contribution in [3.05, 3.63) is 45.5 Å². The molecule has 1 aliphatic heterocycles. The Balaban J connectivity index is 1.47. The number of aromatic nitrogens is 1. The van der Waals surface area contributed by atoms with E-state index in [1.54, 1.807) is 6.07 Å². The molecule has 3 rings (SSSR count). The number of carbonyl (C=O) groups excluding carboxylic acids is 1. The lowest BCUT2D eigenvalue weighted by Crippen LogP contribution is -2.35. The molecule has 2 aromatic rings. The van der Waals surface area contributed by atoms with Crippen molar-refractivity contribution < 1.29 is 19.2 Å². The summed E-state index contributed by atoms with van der Waals surface area (Å²) in [6.07, 6.45) is 0. The molecule has 0 spiro atoms. The third-order valence-electron chi connectivity index (χ3n) is 3.69. The number of hydrogen-bond acceptors (Lipinski definition) is 8. The van der Waals surface area contributed by atoms with Gasteiger partial charge in [0.05, 0.1) is 29.9 Å². The standard InChI is InChI=1S/C16H18N4O5S/c21-15(10-25-14-3-1-2-13(8-14)20(22)23)18-16-17-12(11-26-16)9-19-4-6-24-7-5-19/h1-3,8,11H,4-7,9-10H2,(H,17,18,21). The summed E-state index contributed by atoms with van der Waals surface area (Å²) in [6, 6.07) is 5.70. The van der Waals surface area contributed by atoms with E-state index in [-0.39, 0.29) is 24.0 Å². The summed E-state index contributed by atoms with van der Waals surface area (Å²) in [5.41, 5.74) is 0.808. The summed E-state index contributed by atoms with van der Waals surface area (Å²) < 4.78 is 10.6. The van der Waals surface area contributed by atoms with Gasteiger partial charge in [0, 0.05) is 31.1 Å². The molecule has 26 heavy (non-hydrogen) atoms. The van der Waals surface area contributed by atoms with Gasteiger partial charge in [-0.25, -0.2) is 4.98 Å². The molecule has 0 unspecified atom stereocenters. The summed E-state index contributed by atoms with van der Waals surface area (Å²) in [5.74, 6) is -0.106. The van der Waals surface area contributed by atoms with E-state index in [1.807, 2.05) is 5.38 Å². The van der Waals surface area contributed by atoms with Crippen LogP contribution in [0.25, 0.3) is 0 Å². The van der Waals surface area contributed by atoms with Crippen molar-refractivity contribution in [2.24, 2.45) is 0 Å². The number of amides is 1. The minimum absolute atomic E-state index is 0.0874. The number of hydrogen-bond donors (Lipinski definition) is 1. The normalized spacial score (nSPS) is 14.8. The number of nitro benzene ring substituents is 1. The number of morpholine rings is 1. The molecule has 0 atom stereocenters. The van der Waals surface area contributed by atoms with E-state index < -0.39 is 4.92 Å². The zero-order valence-corrected chi connectivity index (χ0v) is 14.7. The number of nitrogens with zero attached hydrogens (tertiary/aromatic N) is 3. The van der Waals surface area contributed by atoms with Crippen molar-refractivity contribution in [1.82, 2.24) is 9.88 Å².